The Morgan fingerprint density at radius 3 is 3.00 bits per heavy atom. The highest BCUT2D eigenvalue weighted by molar-refractivity contribution is 8.18. The fourth-order valence-corrected chi connectivity index (χ4v) is 4.72. The van der Waals surface area contributed by atoms with E-state index in [0.717, 1.165) is 48.3 Å². The van der Waals surface area contributed by atoms with Crippen LogP contribution in [-0.4, -0.2) is 57.2 Å². The Morgan fingerprint density at radius 1 is 1.34 bits per heavy atom. The molecule has 5 rings (SSSR count). The molecule has 8 nitrogen and oxygen atoms in total. The molecule has 2 saturated heterocycles. The van der Waals surface area contributed by atoms with Crippen LogP contribution >= 0.6 is 23.4 Å². The van der Waals surface area contributed by atoms with E-state index in [9.17, 15) is 4.79 Å². The molecule has 32 heavy (non-hydrogen) atoms. The van der Waals surface area contributed by atoms with Crippen molar-refractivity contribution in [2.75, 3.05) is 20.1 Å². The highest BCUT2D eigenvalue weighted by Crippen LogP contribution is 2.34. The number of ether oxygens (including phenoxy) is 1. The van der Waals surface area contributed by atoms with Crippen LogP contribution in [0.1, 0.15) is 18.4 Å². The summed E-state index contributed by atoms with van der Waals surface area (Å²) in [6, 6.07) is 5.46. The number of benzene rings is 1. The van der Waals surface area contributed by atoms with Crippen molar-refractivity contribution in [3.8, 4) is 5.75 Å². The lowest BCUT2D eigenvalue weighted by atomic mass is 10.1. The number of aromatic nitrogens is 3. The van der Waals surface area contributed by atoms with Crippen molar-refractivity contribution in [3.05, 3.63) is 52.4 Å². The molecule has 3 aromatic rings. The van der Waals surface area contributed by atoms with Gasteiger partial charge in [-0.05, 0) is 49.9 Å². The van der Waals surface area contributed by atoms with E-state index in [0.29, 0.717) is 20.8 Å². The lowest BCUT2D eigenvalue weighted by molar-refractivity contribution is -0.115. The summed E-state index contributed by atoms with van der Waals surface area (Å²) in [5.74, 6) is 0.525. The molecular weight excluding hydrogens is 448 g/mol. The third-order valence-corrected chi connectivity index (χ3v) is 6.65. The van der Waals surface area contributed by atoms with Gasteiger partial charge in [0, 0.05) is 42.5 Å². The van der Waals surface area contributed by atoms with Crippen LogP contribution < -0.4 is 10.1 Å². The number of hydrogen-bond acceptors (Lipinski definition) is 7. The maximum absolute atomic E-state index is 12.4. The number of thioether (sulfide) groups is 1. The minimum Gasteiger partial charge on any atom is -0.490 e. The summed E-state index contributed by atoms with van der Waals surface area (Å²) in [7, 11) is 2.12. The number of carbonyl (C=O) groups excluding carboxylic acids is 1. The van der Waals surface area contributed by atoms with Crippen molar-refractivity contribution in [2.24, 2.45) is 4.99 Å². The van der Waals surface area contributed by atoms with Gasteiger partial charge in [0.25, 0.3) is 5.91 Å². The van der Waals surface area contributed by atoms with Gasteiger partial charge in [0.15, 0.2) is 5.17 Å². The molecule has 0 unspecified atom stereocenters. The molecule has 2 aromatic heterocycles. The first-order valence-corrected chi connectivity index (χ1v) is 11.5. The normalized spacial score (nSPS) is 20.4. The highest BCUT2D eigenvalue weighted by atomic mass is 35.5. The van der Waals surface area contributed by atoms with Crippen LogP contribution in [0.4, 0.5) is 5.69 Å². The molecule has 0 spiro atoms. The molecule has 0 saturated carbocycles. The number of hydrogen-bond donors (Lipinski definition) is 2. The number of H-pyrrole nitrogens is 1. The number of nitrogens with zero attached hydrogens (tertiary/aromatic N) is 4. The van der Waals surface area contributed by atoms with Gasteiger partial charge in [-0.3, -0.25) is 4.79 Å². The molecule has 4 heterocycles. The van der Waals surface area contributed by atoms with Gasteiger partial charge in [0.05, 0.1) is 15.6 Å². The molecule has 2 aliphatic rings. The fraction of sp³-hybridized carbons (Fsp3) is 0.273. The van der Waals surface area contributed by atoms with Gasteiger partial charge in [0.2, 0.25) is 0 Å². The predicted molar refractivity (Wildman–Crippen MR) is 127 cm³/mol. The first kappa shape index (κ1) is 21.0. The highest BCUT2D eigenvalue weighted by Gasteiger charge is 2.25. The zero-order valence-corrected chi connectivity index (χ0v) is 18.9. The quantitative estimate of drug-likeness (QED) is 0.562. The van der Waals surface area contributed by atoms with Gasteiger partial charge in [-0.15, -0.1) is 0 Å². The van der Waals surface area contributed by atoms with Gasteiger partial charge >= 0.3 is 0 Å². The zero-order chi connectivity index (χ0) is 22.1. The third-order valence-electron chi connectivity index (χ3n) is 5.43. The summed E-state index contributed by atoms with van der Waals surface area (Å²) in [6.45, 7) is 2.06. The number of carbonyl (C=O) groups is 1. The Hall–Kier alpha value is -2.88. The number of halogens is 1. The Kier molecular flexibility index (Phi) is 5.86. The number of nitrogens with one attached hydrogen (secondary N) is 2. The number of likely N-dealkylation sites (tertiary alicyclic amines) is 1. The van der Waals surface area contributed by atoms with E-state index in [2.05, 4.69) is 37.2 Å². The van der Waals surface area contributed by atoms with Crippen molar-refractivity contribution in [2.45, 2.75) is 18.9 Å². The lowest BCUT2D eigenvalue weighted by Gasteiger charge is -2.29. The smallest absolute Gasteiger partial charge is 0.264 e. The van der Waals surface area contributed by atoms with E-state index in [-0.39, 0.29) is 12.0 Å². The standard InChI is InChI=1S/C22H21ClN6O2S/c1-29-6-4-14(5-7-29)31-15-2-3-18(17(23)9-15)27-22-28-21(30)19(32-22)8-13-10-25-20-16(13)11-24-12-26-20/h2-3,8-12,14H,4-7H2,1H3,(H,24,25,26)(H,27,28,30). The number of amidine groups is 1. The summed E-state index contributed by atoms with van der Waals surface area (Å²) in [5, 5.41) is 4.59. The number of rotatable bonds is 4. The maximum atomic E-state index is 12.4. The Bertz CT molecular complexity index is 1230. The molecule has 2 N–H and O–H groups in total. The number of fused-ring (bicyclic) bond motifs is 1. The SMILES string of the molecule is CN1CCC(Oc2ccc(N=C3NC(=O)C(=Cc4c[nH]c5ncncc45)S3)c(Cl)c2)CC1. The van der Waals surface area contributed by atoms with Crippen LogP contribution in [0, 0.1) is 0 Å². The van der Waals surface area contributed by atoms with Crippen molar-refractivity contribution < 1.29 is 9.53 Å². The summed E-state index contributed by atoms with van der Waals surface area (Å²) < 4.78 is 6.08. The number of piperidine rings is 1. The molecule has 10 heteroatoms. The average Bonchev–Trinajstić information content (AvgIpc) is 3.35. The van der Waals surface area contributed by atoms with E-state index in [1.165, 1.54) is 18.1 Å². The van der Waals surface area contributed by atoms with E-state index in [4.69, 9.17) is 16.3 Å². The second-order valence-electron chi connectivity index (χ2n) is 7.74. The number of aromatic amines is 1. The maximum Gasteiger partial charge on any atom is 0.264 e. The lowest BCUT2D eigenvalue weighted by Crippen LogP contribution is -2.35. The third kappa shape index (κ3) is 4.50. The van der Waals surface area contributed by atoms with Crippen LogP contribution in [0.25, 0.3) is 17.1 Å². The average molecular weight is 469 g/mol. The molecule has 2 fully saturated rings. The van der Waals surface area contributed by atoms with Gasteiger partial charge in [-0.1, -0.05) is 11.6 Å². The first-order valence-electron chi connectivity index (χ1n) is 10.3. The monoisotopic (exact) mass is 468 g/mol. The molecular formula is C22H21ClN6O2S. The van der Waals surface area contributed by atoms with E-state index in [1.54, 1.807) is 24.5 Å². The summed E-state index contributed by atoms with van der Waals surface area (Å²) in [6.07, 6.45) is 8.99. The molecule has 0 atom stereocenters. The molecule has 164 valence electrons. The number of amides is 1. The van der Waals surface area contributed by atoms with Crippen LogP contribution in [0.5, 0.6) is 5.75 Å². The van der Waals surface area contributed by atoms with Crippen LogP contribution in [0.2, 0.25) is 5.02 Å². The molecule has 0 aliphatic carbocycles. The van der Waals surface area contributed by atoms with Crippen LogP contribution in [-0.2, 0) is 4.79 Å². The second kappa shape index (κ2) is 8.93. The van der Waals surface area contributed by atoms with E-state index >= 15 is 0 Å². The molecule has 0 radical (unpaired) electrons. The molecule has 0 bridgehead atoms. The van der Waals surface area contributed by atoms with Crippen molar-refractivity contribution >= 4 is 57.2 Å². The predicted octanol–water partition coefficient (Wildman–Crippen LogP) is 3.98. The van der Waals surface area contributed by atoms with Gasteiger partial charge in [-0.25, -0.2) is 15.0 Å². The molecule has 1 amide bonds. The van der Waals surface area contributed by atoms with Gasteiger partial charge < -0.3 is 19.9 Å². The molecule has 2 aliphatic heterocycles. The van der Waals surface area contributed by atoms with Crippen LogP contribution in [0.15, 0.2) is 46.8 Å². The van der Waals surface area contributed by atoms with Crippen LogP contribution in [0.3, 0.4) is 0 Å². The largest absolute Gasteiger partial charge is 0.490 e. The Labute approximate surface area is 194 Å². The van der Waals surface area contributed by atoms with Gasteiger partial charge in [0.1, 0.15) is 23.8 Å². The topological polar surface area (TPSA) is 95.5 Å². The minimum atomic E-state index is -0.210. The minimum absolute atomic E-state index is 0.201. The van der Waals surface area contributed by atoms with Crippen molar-refractivity contribution in [3.63, 3.8) is 0 Å². The first-order chi connectivity index (χ1) is 15.5. The number of aliphatic imine (C=N–C) groups is 1. The Balaban J connectivity index is 1.30. The van der Waals surface area contributed by atoms with Crippen molar-refractivity contribution in [1.29, 1.82) is 0 Å². The van der Waals surface area contributed by atoms with Gasteiger partial charge in [-0.2, -0.15) is 0 Å². The second-order valence-corrected chi connectivity index (χ2v) is 9.18. The summed E-state index contributed by atoms with van der Waals surface area (Å²) >= 11 is 7.72. The molecule has 1 aromatic carbocycles. The zero-order valence-electron chi connectivity index (χ0n) is 17.3. The Morgan fingerprint density at radius 2 is 2.19 bits per heavy atom. The summed E-state index contributed by atoms with van der Waals surface area (Å²) in [4.78, 5) is 31.1. The summed E-state index contributed by atoms with van der Waals surface area (Å²) in [5.41, 5.74) is 2.14. The van der Waals surface area contributed by atoms with E-state index < -0.39 is 0 Å². The van der Waals surface area contributed by atoms with E-state index in [1.807, 2.05) is 12.1 Å². The van der Waals surface area contributed by atoms with Crippen molar-refractivity contribution in [1.82, 2.24) is 25.2 Å². The fourth-order valence-electron chi connectivity index (χ4n) is 3.68.